The van der Waals surface area contributed by atoms with Crippen molar-refractivity contribution >= 4 is 40.6 Å². The molecule has 2 rings (SSSR count). The van der Waals surface area contributed by atoms with Crippen LogP contribution in [0.15, 0.2) is 24.3 Å². The fourth-order valence-electron chi connectivity index (χ4n) is 2.35. The largest absolute Gasteiger partial charge is 0.495 e. The molecule has 0 aliphatic carbocycles. The third-order valence-corrected chi connectivity index (χ3v) is 4.31. The molecule has 164 valence electrons. The highest BCUT2D eigenvalue weighted by Crippen LogP contribution is 2.42. The SMILES string of the molecule is COc1cc(Cl)c(C(F)(F)F)cc1NC(=O)Nc1cc(C(F)(F)F)c(Cl)cc1OC. The van der Waals surface area contributed by atoms with Crippen molar-refractivity contribution in [3.8, 4) is 11.5 Å². The Morgan fingerprint density at radius 1 is 0.767 bits per heavy atom. The van der Waals surface area contributed by atoms with Crippen LogP contribution in [0.4, 0.5) is 42.5 Å². The number of amides is 2. The number of nitrogens with one attached hydrogen (secondary N) is 2. The van der Waals surface area contributed by atoms with E-state index in [4.69, 9.17) is 32.7 Å². The lowest BCUT2D eigenvalue weighted by Gasteiger charge is -2.17. The minimum absolute atomic E-state index is 0.206. The lowest BCUT2D eigenvalue weighted by Crippen LogP contribution is -2.21. The molecule has 0 aromatic heterocycles. The highest BCUT2D eigenvalue weighted by atomic mass is 35.5. The van der Waals surface area contributed by atoms with E-state index >= 15 is 0 Å². The minimum atomic E-state index is -4.82. The van der Waals surface area contributed by atoms with Gasteiger partial charge >= 0.3 is 18.4 Å². The number of hydrogen-bond donors (Lipinski definition) is 2. The average molecular weight is 477 g/mol. The Kier molecular flexibility index (Phi) is 6.87. The highest BCUT2D eigenvalue weighted by Gasteiger charge is 2.35. The molecule has 13 heteroatoms. The topological polar surface area (TPSA) is 59.6 Å². The van der Waals surface area contributed by atoms with E-state index in [2.05, 4.69) is 10.6 Å². The van der Waals surface area contributed by atoms with E-state index in [0.717, 1.165) is 26.4 Å². The number of urea groups is 1. The number of rotatable bonds is 4. The maximum atomic E-state index is 13.1. The Bertz CT molecular complexity index is 888. The van der Waals surface area contributed by atoms with Gasteiger partial charge in [-0.2, -0.15) is 26.3 Å². The first-order valence-electron chi connectivity index (χ1n) is 7.75. The second kappa shape index (κ2) is 8.68. The number of halogens is 8. The number of benzene rings is 2. The number of hydrogen-bond acceptors (Lipinski definition) is 3. The molecule has 0 aliphatic heterocycles. The van der Waals surface area contributed by atoms with Gasteiger partial charge in [-0.1, -0.05) is 23.2 Å². The maximum Gasteiger partial charge on any atom is 0.417 e. The van der Waals surface area contributed by atoms with Crippen LogP contribution >= 0.6 is 23.2 Å². The second-order valence-corrected chi connectivity index (χ2v) is 6.45. The van der Waals surface area contributed by atoms with Crippen LogP contribution in [-0.4, -0.2) is 20.3 Å². The molecule has 0 saturated carbocycles. The van der Waals surface area contributed by atoms with Crippen molar-refractivity contribution in [3.63, 3.8) is 0 Å². The normalized spacial score (nSPS) is 11.8. The van der Waals surface area contributed by atoms with Crippen LogP contribution in [-0.2, 0) is 12.4 Å². The number of methoxy groups -OCH3 is 2. The van der Waals surface area contributed by atoms with Gasteiger partial charge in [0.25, 0.3) is 0 Å². The Morgan fingerprint density at radius 2 is 1.10 bits per heavy atom. The van der Waals surface area contributed by atoms with Crippen LogP contribution in [0.1, 0.15) is 11.1 Å². The Morgan fingerprint density at radius 3 is 1.37 bits per heavy atom. The van der Waals surface area contributed by atoms with Crippen LogP contribution < -0.4 is 20.1 Å². The number of carbonyl (C=O) groups excluding carboxylic acids is 1. The summed E-state index contributed by atoms with van der Waals surface area (Å²) in [7, 11) is 2.25. The molecule has 0 heterocycles. The van der Waals surface area contributed by atoms with Crippen molar-refractivity contribution in [1.29, 1.82) is 0 Å². The third-order valence-electron chi connectivity index (χ3n) is 3.69. The molecule has 2 aromatic rings. The molecule has 5 nitrogen and oxygen atoms in total. The Hall–Kier alpha value is -2.53. The van der Waals surface area contributed by atoms with Gasteiger partial charge in [0.1, 0.15) is 11.5 Å². The second-order valence-electron chi connectivity index (χ2n) is 5.64. The van der Waals surface area contributed by atoms with Crippen LogP contribution in [0, 0.1) is 0 Å². The monoisotopic (exact) mass is 476 g/mol. The van der Waals surface area contributed by atoms with Gasteiger partial charge in [-0.3, -0.25) is 0 Å². The lowest BCUT2D eigenvalue weighted by atomic mass is 10.1. The van der Waals surface area contributed by atoms with Crippen LogP contribution in [0.3, 0.4) is 0 Å². The highest BCUT2D eigenvalue weighted by molar-refractivity contribution is 6.32. The summed E-state index contributed by atoms with van der Waals surface area (Å²) in [4.78, 5) is 12.2. The molecule has 0 bridgehead atoms. The molecule has 0 spiro atoms. The van der Waals surface area contributed by atoms with Gasteiger partial charge in [0.2, 0.25) is 0 Å². The van der Waals surface area contributed by atoms with E-state index in [9.17, 15) is 31.1 Å². The van der Waals surface area contributed by atoms with Gasteiger partial charge in [-0.25, -0.2) is 4.79 Å². The third kappa shape index (κ3) is 5.33. The Labute approximate surface area is 175 Å². The number of alkyl halides is 6. The fraction of sp³-hybridized carbons (Fsp3) is 0.235. The van der Waals surface area contributed by atoms with Crippen molar-refractivity contribution < 1.29 is 40.6 Å². The van der Waals surface area contributed by atoms with E-state index in [1.807, 2.05) is 0 Å². The summed E-state index contributed by atoms with van der Waals surface area (Å²) >= 11 is 11.2. The summed E-state index contributed by atoms with van der Waals surface area (Å²) in [6, 6.07) is 1.56. The molecule has 0 fully saturated rings. The van der Waals surface area contributed by atoms with E-state index in [1.165, 1.54) is 0 Å². The van der Waals surface area contributed by atoms with Crippen molar-refractivity contribution in [2.45, 2.75) is 12.4 Å². The first-order valence-corrected chi connectivity index (χ1v) is 8.51. The van der Waals surface area contributed by atoms with Gasteiger partial charge in [-0.05, 0) is 12.1 Å². The molecule has 0 radical (unpaired) electrons. The van der Waals surface area contributed by atoms with E-state index in [1.54, 1.807) is 0 Å². The summed E-state index contributed by atoms with van der Waals surface area (Å²) in [5.74, 6) is -0.413. The van der Waals surface area contributed by atoms with E-state index in [0.29, 0.717) is 12.1 Å². The fourth-order valence-corrected chi connectivity index (χ4v) is 2.88. The molecule has 0 saturated heterocycles. The predicted molar refractivity (Wildman–Crippen MR) is 98.7 cm³/mol. The maximum absolute atomic E-state index is 13.1. The van der Waals surface area contributed by atoms with Crippen LogP contribution in [0.25, 0.3) is 0 Å². The smallest absolute Gasteiger partial charge is 0.417 e. The van der Waals surface area contributed by atoms with Crippen LogP contribution in [0.5, 0.6) is 11.5 Å². The molecule has 0 atom stereocenters. The number of anilines is 2. The molecular formula is C17H12Cl2F6N2O3. The molecule has 30 heavy (non-hydrogen) atoms. The first kappa shape index (κ1) is 23.7. The van der Waals surface area contributed by atoms with Crippen molar-refractivity contribution in [1.82, 2.24) is 0 Å². The summed E-state index contributed by atoms with van der Waals surface area (Å²) in [6.45, 7) is 0. The first-order chi connectivity index (χ1) is 13.8. The lowest BCUT2D eigenvalue weighted by molar-refractivity contribution is -0.138. The molecule has 0 unspecified atom stereocenters. The van der Waals surface area contributed by atoms with Gasteiger partial charge in [0, 0.05) is 12.1 Å². The standard InChI is InChI=1S/C17H12Cl2F6N2O3/c1-29-13-5-9(18)7(16(20,21)22)3-11(13)26-15(28)27-12-4-8(17(23,24)25)10(19)6-14(12)30-2/h3-6H,1-2H3,(H2,26,27,28). The zero-order chi connectivity index (χ0) is 22.9. The van der Waals surface area contributed by atoms with Gasteiger partial charge in [0.05, 0.1) is 46.8 Å². The van der Waals surface area contributed by atoms with E-state index < -0.39 is 50.9 Å². The summed E-state index contributed by atoms with van der Waals surface area (Å²) < 4.78 is 88.1. The van der Waals surface area contributed by atoms with Gasteiger partial charge in [0.15, 0.2) is 0 Å². The predicted octanol–water partition coefficient (Wildman–Crippen LogP) is 6.69. The zero-order valence-electron chi connectivity index (χ0n) is 15.1. The van der Waals surface area contributed by atoms with Crippen molar-refractivity contribution in [3.05, 3.63) is 45.4 Å². The van der Waals surface area contributed by atoms with Gasteiger partial charge < -0.3 is 20.1 Å². The van der Waals surface area contributed by atoms with E-state index in [-0.39, 0.29) is 11.5 Å². The summed E-state index contributed by atoms with van der Waals surface area (Å²) in [5, 5.41) is 2.81. The molecular weight excluding hydrogens is 465 g/mol. The summed E-state index contributed by atoms with van der Waals surface area (Å²) in [5.41, 5.74) is -3.33. The number of carbonyl (C=O) groups is 1. The summed E-state index contributed by atoms with van der Waals surface area (Å²) in [6.07, 6.45) is -9.64. The molecule has 2 N–H and O–H groups in total. The average Bonchev–Trinajstić information content (AvgIpc) is 2.61. The molecule has 2 amide bonds. The zero-order valence-corrected chi connectivity index (χ0v) is 16.6. The molecule has 0 aliphatic rings. The molecule has 2 aromatic carbocycles. The van der Waals surface area contributed by atoms with Gasteiger partial charge in [-0.15, -0.1) is 0 Å². The van der Waals surface area contributed by atoms with Crippen LogP contribution in [0.2, 0.25) is 10.0 Å². The van der Waals surface area contributed by atoms with Crippen molar-refractivity contribution in [2.24, 2.45) is 0 Å². The Balaban J connectivity index is 2.38. The number of ether oxygens (including phenoxy) is 2. The minimum Gasteiger partial charge on any atom is -0.495 e. The quantitative estimate of drug-likeness (QED) is 0.483. The van der Waals surface area contributed by atoms with Crippen molar-refractivity contribution in [2.75, 3.05) is 24.9 Å².